The largest absolute Gasteiger partial charge is 0.484 e. The highest BCUT2D eigenvalue weighted by molar-refractivity contribution is 8.00. The van der Waals surface area contributed by atoms with Gasteiger partial charge in [-0.05, 0) is 31.9 Å². The van der Waals surface area contributed by atoms with Crippen LogP contribution in [0.1, 0.15) is 31.6 Å². The minimum absolute atomic E-state index is 0.218. The van der Waals surface area contributed by atoms with Crippen molar-refractivity contribution in [3.05, 3.63) is 35.1 Å². The molecule has 1 saturated carbocycles. The van der Waals surface area contributed by atoms with Gasteiger partial charge in [-0.3, -0.25) is 14.7 Å². The smallest absolute Gasteiger partial charge is 0.318 e. The normalized spacial score (nSPS) is 14.7. The number of ether oxygens (including phenoxy) is 1. The highest BCUT2D eigenvalue weighted by Crippen LogP contribution is 2.39. The number of carbonyl (C=O) groups is 2. The Morgan fingerprint density at radius 3 is 2.81 bits per heavy atom. The maximum atomic E-state index is 11.9. The predicted molar refractivity (Wildman–Crippen MR) is 97.1 cm³/mol. The van der Waals surface area contributed by atoms with Crippen molar-refractivity contribution in [1.82, 2.24) is 20.1 Å². The summed E-state index contributed by atoms with van der Waals surface area (Å²) in [6, 6.07) is 6.63. The molecule has 1 aliphatic rings. The Morgan fingerprint density at radius 1 is 1.42 bits per heavy atom. The van der Waals surface area contributed by atoms with Gasteiger partial charge in [0.1, 0.15) is 12.4 Å². The summed E-state index contributed by atoms with van der Waals surface area (Å²) in [5.41, 5.74) is 4.98. The molecule has 3 amide bonds. The highest BCUT2D eigenvalue weighted by Gasteiger charge is 2.31. The molecule has 1 atom stereocenters. The van der Waals surface area contributed by atoms with Crippen LogP contribution in [0.4, 0.5) is 4.79 Å². The van der Waals surface area contributed by atoms with Crippen LogP contribution in [0.3, 0.4) is 0 Å². The van der Waals surface area contributed by atoms with Crippen molar-refractivity contribution in [3.63, 3.8) is 0 Å². The first-order valence-corrected chi connectivity index (χ1v) is 9.29. The molecule has 8 nitrogen and oxygen atoms in total. The number of carbonyl (C=O) groups excluding carboxylic acids is 2. The molecular formula is C16H18ClN5O3S. The average molecular weight is 396 g/mol. The Bertz CT molecular complexity index is 824. The van der Waals surface area contributed by atoms with Crippen LogP contribution >= 0.6 is 23.4 Å². The fourth-order valence-electron chi connectivity index (χ4n) is 2.32. The van der Waals surface area contributed by atoms with E-state index < -0.39 is 17.2 Å². The van der Waals surface area contributed by atoms with E-state index in [0.717, 1.165) is 12.8 Å². The third kappa shape index (κ3) is 4.47. The summed E-state index contributed by atoms with van der Waals surface area (Å²) < 4.78 is 7.74. The number of hydrogen-bond acceptors (Lipinski definition) is 6. The maximum absolute atomic E-state index is 11.9. The summed E-state index contributed by atoms with van der Waals surface area (Å²) in [7, 11) is 0. The number of nitrogens with zero attached hydrogens (tertiary/aromatic N) is 3. The van der Waals surface area contributed by atoms with E-state index in [1.807, 2.05) is 16.7 Å². The monoisotopic (exact) mass is 395 g/mol. The summed E-state index contributed by atoms with van der Waals surface area (Å²) >= 11 is 7.32. The zero-order valence-corrected chi connectivity index (χ0v) is 15.6. The second-order valence-corrected chi connectivity index (χ2v) is 7.55. The van der Waals surface area contributed by atoms with E-state index >= 15 is 0 Å². The fraction of sp³-hybridized carbons (Fsp3) is 0.375. The Morgan fingerprint density at radius 2 is 2.15 bits per heavy atom. The summed E-state index contributed by atoms with van der Waals surface area (Å²) in [6.07, 6.45) is 2.04. The van der Waals surface area contributed by atoms with E-state index in [-0.39, 0.29) is 6.61 Å². The lowest BCUT2D eigenvalue weighted by Gasteiger charge is -2.13. The Kier molecular flexibility index (Phi) is 5.67. The molecule has 1 aromatic carbocycles. The van der Waals surface area contributed by atoms with E-state index in [4.69, 9.17) is 22.1 Å². The van der Waals surface area contributed by atoms with Gasteiger partial charge in [-0.1, -0.05) is 35.5 Å². The zero-order valence-electron chi connectivity index (χ0n) is 14.0. The van der Waals surface area contributed by atoms with E-state index in [1.54, 1.807) is 19.1 Å². The number of para-hydroxylation sites is 1. The van der Waals surface area contributed by atoms with Crippen LogP contribution in [0.25, 0.3) is 0 Å². The first-order chi connectivity index (χ1) is 12.5. The predicted octanol–water partition coefficient (Wildman–Crippen LogP) is 2.52. The van der Waals surface area contributed by atoms with E-state index in [0.29, 0.717) is 27.8 Å². The Balaban J connectivity index is 1.71. The average Bonchev–Trinajstić information content (AvgIpc) is 3.35. The molecule has 0 saturated heterocycles. The van der Waals surface area contributed by atoms with Crippen molar-refractivity contribution in [2.45, 2.75) is 42.8 Å². The number of aromatic nitrogens is 3. The molecule has 26 heavy (non-hydrogen) atoms. The molecule has 1 heterocycles. The van der Waals surface area contributed by atoms with Crippen molar-refractivity contribution >= 4 is 35.3 Å². The second-order valence-electron chi connectivity index (χ2n) is 5.83. The van der Waals surface area contributed by atoms with Gasteiger partial charge in [0.15, 0.2) is 11.0 Å². The lowest BCUT2D eigenvalue weighted by Crippen LogP contribution is -2.39. The molecule has 2 aromatic rings. The van der Waals surface area contributed by atoms with Crippen LogP contribution in [-0.2, 0) is 11.4 Å². The lowest BCUT2D eigenvalue weighted by molar-refractivity contribution is -0.119. The quantitative estimate of drug-likeness (QED) is 0.696. The topological polar surface area (TPSA) is 112 Å². The van der Waals surface area contributed by atoms with E-state index in [9.17, 15) is 9.59 Å². The summed E-state index contributed by atoms with van der Waals surface area (Å²) in [6.45, 7) is 1.89. The number of urea groups is 1. The molecule has 1 fully saturated rings. The third-order valence-corrected chi connectivity index (χ3v) is 5.11. The van der Waals surface area contributed by atoms with Gasteiger partial charge in [-0.25, -0.2) is 4.79 Å². The summed E-state index contributed by atoms with van der Waals surface area (Å²) in [5.74, 6) is 0.766. The van der Waals surface area contributed by atoms with Crippen molar-refractivity contribution in [2.24, 2.45) is 5.73 Å². The molecule has 10 heteroatoms. The molecule has 1 aliphatic carbocycles. The second kappa shape index (κ2) is 7.96. The summed E-state index contributed by atoms with van der Waals surface area (Å²) in [4.78, 5) is 22.7. The number of halogens is 1. The number of nitrogens with two attached hydrogens (primary N) is 1. The number of primary amides is 1. The lowest BCUT2D eigenvalue weighted by atomic mass is 10.3. The number of thioether (sulfide) groups is 1. The van der Waals surface area contributed by atoms with E-state index in [2.05, 4.69) is 15.5 Å². The number of imide groups is 1. The van der Waals surface area contributed by atoms with Gasteiger partial charge in [0, 0.05) is 6.04 Å². The number of nitrogens with one attached hydrogen (secondary N) is 1. The summed E-state index contributed by atoms with van der Waals surface area (Å²) in [5, 5.41) is 11.0. The molecule has 0 spiro atoms. The van der Waals surface area contributed by atoms with Crippen molar-refractivity contribution in [1.29, 1.82) is 0 Å². The number of amides is 3. The van der Waals surface area contributed by atoms with Crippen LogP contribution in [-0.4, -0.2) is 32.0 Å². The van der Waals surface area contributed by atoms with E-state index in [1.165, 1.54) is 11.8 Å². The van der Waals surface area contributed by atoms with Gasteiger partial charge in [0.05, 0.1) is 10.3 Å². The molecule has 0 bridgehead atoms. The zero-order chi connectivity index (χ0) is 18.7. The van der Waals surface area contributed by atoms with Gasteiger partial charge < -0.3 is 10.5 Å². The molecule has 138 valence electrons. The van der Waals surface area contributed by atoms with Gasteiger partial charge in [-0.2, -0.15) is 0 Å². The SMILES string of the molecule is CC(Sc1nnc(COc2ccccc2Cl)n1C1CC1)C(=O)NC(N)=O. The number of hydrogen-bond donors (Lipinski definition) is 2. The van der Waals surface area contributed by atoms with Crippen molar-refractivity contribution in [3.8, 4) is 5.75 Å². The minimum Gasteiger partial charge on any atom is -0.484 e. The van der Waals surface area contributed by atoms with Crippen LogP contribution in [0.5, 0.6) is 5.75 Å². The highest BCUT2D eigenvalue weighted by atomic mass is 35.5. The molecule has 1 aromatic heterocycles. The van der Waals surface area contributed by atoms with Crippen molar-refractivity contribution in [2.75, 3.05) is 0 Å². The Hall–Kier alpha value is -2.26. The van der Waals surface area contributed by atoms with Gasteiger partial charge >= 0.3 is 6.03 Å². The molecule has 1 unspecified atom stereocenters. The van der Waals surface area contributed by atoms with Crippen LogP contribution < -0.4 is 15.8 Å². The first kappa shape index (κ1) is 18.5. The maximum Gasteiger partial charge on any atom is 0.318 e. The Labute approximate surface area is 159 Å². The molecular weight excluding hydrogens is 378 g/mol. The fourth-order valence-corrected chi connectivity index (χ4v) is 3.45. The standard InChI is InChI=1S/C16H18ClN5O3S/c1-9(14(23)19-15(18)24)26-16-21-20-13(22(16)10-6-7-10)8-25-12-5-3-2-4-11(12)17/h2-5,9-10H,6-8H2,1H3,(H3,18,19,23,24). The van der Waals surface area contributed by atoms with Crippen molar-refractivity contribution < 1.29 is 14.3 Å². The van der Waals surface area contributed by atoms with Crippen LogP contribution in [0.15, 0.2) is 29.4 Å². The molecule has 3 rings (SSSR count). The number of rotatable bonds is 7. The molecule has 3 N–H and O–H groups in total. The van der Waals surface area contributed by atoms with Gasteiger partial charge in [0.2, 0.25) is 5.91 Å². The van der Waals surface area contributed by atoms with Gasteiger partial charge in [0.25, 0.3) is 0 Å². The van der Waals surface area contributed by atoms with Crippen LogP contribution in [0.2, 0.25) is 5.02 Å². The minimum atomic E-state index is -0.875. The molecule has 0 aliphatic heterocycles. The van der Waals surface area contributed by atoms with Gasteiger partial charge in [-0.15, -0.1) is 10.2 Å². The molecule has 0 radical (unpaired) electrons. The first-order valence-electron chi connectivity index (χ1n) is 8.03. The third-order valence-electron chi connectivity index (χ3n) is 3.74. The van der Waals surface area contributed by atoms with Crippen LogP contribution in [0, 0.1) is 0 Å². The number of benzene rings is 1.